The summed E-state index contributed by atoms with van der Waals surface area (Å²) >= 11 is 4.14. The molecule has 129 heavy (non-hydrogen) atoms. The van der Waals surface area contributed by atoms with Gasteiger partial charge in [-0.15, -0.1) is 0 Å². The molecule has 42 nitrogen and oxygen atoms in total. The van der Waals surface area contributed by atoms with Gasteiger partial charge in [0.05, 0.1) is 106 Å². The third-order valence-corrected chi connectivity index (χ3v) is 23.4. The Labute approximate surface area is 749 Å². The zero-order valence-electron chi connectivity index (χ0n) is 75.3. The van der Waals surface area contributed by atoms with E-state index >= 15 is 4.39 Å². The molecule has 2 aromatic carbocycles. The summed E-state index contributed by atoms with van der Waals surface area (Å²) in [6.07, 6.45) is 0.770. The number of likely N-dealkylation sites (tertiary alicyclic amines) is 1. The molecule has 1 saturated heterocycles. The number of hydrogen-bond donors (Lipinski definition) is 8. The molecule has 7 N–H and O–H groups in total. The van der Waals surface area contributed by atoms with E-state index in [4.69, 9.17) is 14.5 Å². The summed E-state index contributed by atoms with van der Waals surface area (Å²) in [5.74, 6) is -12.3. The van der Waals surface area contributed by atoms with Gasteiger partial charge in [-0.25, -0.2) is 19.0 Å². The maximum absolute atomic E-state index is 15.8. The number of rotatable bonds is 40. The highest BCUT2D eigenvalue weighted by atomic mass is 32.1. The maximum Gasteiger partial charge on any atom is 0.407 e. The number of aryl methyl sites for hydroxylation is 1. The van der Waals surface area contributed by atoms with Crippen LogP contribution in [0.25, 0.3) is 22.3 Å². The van der Waals surface area contributed by atoms with Crippen LogP contribution in [0.5, 0.6) is 0 Å². The molecule has 3 aliphatic heterocycles. The highest BCUT2D eigenvalue weighted by Crippen LogP contribution is 2.46. The Morgan fingerprint density at radius 3 is 1.62 bits per heavy atom. The second kappa shape index (κ2) is 44.1. The average Bonchev–Trinajstić information content (AvgIpc) is 1.62. The number of cyclic esters (lactones) is 1. The van der Waals surface area contributed by atoms with Crippen molar-refractivity contribution in [1.82, 2.24) is 90.0 Å². The Kier molecular flexibility index (Phi) is 34.7. The topological polar surface area (TPSA) is 506 Å². The fourth-order valence-electron chi connectivity index (χ4n) is 14.6. The summed E-state index contributed by atoms with van der Waals surface area (Å²) < 4.78 is 28.3. The minimum atomic E-state index is -2.15. The van der Waals surface area contributed by atoms with E-state index in [0.29, 0.717) is 46.9 Å². The average molecular weight is 1820 g/mol. The number of pyridine rings is 2. The van der Waals surface area contributed by atoms with Crippen LogP contribution in [0.1, 0.15) is 135 Å². The second-order valence-electron chi connectivity index (χ2n) is 33.1. The molecule has 1 aliphatic carbocycles. The fourth-order valence-corrected chi connectivity index (χ4v) is 14.9. The molecule has 8 rings (SSSR count). The van der Waals surface area contributed by atoms with Gasteiger partial charge < -0.3 is 100 Å². The first-order valence-electron chi connectivity index (χ1n) is 41.8. The fraction of sp³-hybridized carbons (Fsp3) is 0.541. The lowest BCUT2D eigenvalue weighted by Gasteiger charge is -2.31. The molecule has 0 saturated carbocycles. The van der Waals surface area contributed by atoms with Crippen LogP contribution in [-0.4, -0.2) is 354 Å². The zero-order valence-corrected chi connectivity index (χ0v) is 76.2. The minimum Gasteiger partial charge on any atom is -0.458 e. The lowest BCUT2D eigenvalue weighted by Crippen LogP contribution is -2.53. The maximum atomic E-state index is 15.8. The van der Waals surface area contributed by atoms with E-state index < -0.39 is 207 Å². The molecule has 700 valence electrons. The largest absolute Gasteiger partial charge is 0.458 e. The number of thiol groups is 1. The molecule has 0 spiro atoms. The summed E-state index contributed by atoms with van der Waals surface area (Å²) in [6, 6.07) is 3.67. The standard InChI is InChI=1S/C85H114FN19O23S/c1-17-85(126)56-30-60-77-54(33-105(60)81(122)55(56)45-127-83(85)124)75-58(25-24-52-47(4)57(86)31-59(91-77)74(52)75)92-84(125)128-44-50-22-23-51(90-78(119)48(5)89-80(121)76(46(2)3)93-62(107)21-19-18-20-28-104-64(109)32-61(129)82(104)123)29-53(50)79(120)88-27-26-87-63(108)34-95(8)66(111)36-97(10)68(113)38-99(12)70(115)40-101(14)72(117)42-103(16)73(118)43-102(15)71(116)41-100(13)69(114)39-98(11)67(112)37-96(9)65(110)35-94(7)49(6)106/h22-23,29-31,46,48,58,61,76,126,129H,17-21,24-28,32-45H2,1-16H3,(H,87,108)(H,88,120)(H,89,121)(H,90,119)(H,92,125)(H,93,107)/t48-,58-,61?,76-,85-/m0/s1. The summed E-state index contributed by atoms with van der Waals surface area (Å²) in [4.78, 5) is 280. The summed E-state index contributed by atoms with van der Waals surface area (Å²) in [7, 11) is 13.1. The number of hydrogen-bond acceptors (Lipinski definition) is 25. The van der Waals surface area contributed by atoms with Crippen LogP contribution in [-0.2, 0) is 123 Å². The Balaban J connectivity index is 0.838. The third-order valence-electron chi connectivity index (χ3n) is 23.0. The van der Waals surface area contributed by atoms with E-state index in [1.54, 1.807) is 27.7 Å². The number of aromatic nitrogens is 2. The smallest absolute Gasteiger partial charge is 0.407 e. The molecule has 1 fully saturated rings. The van der Waals surface area contributed by atoms with Gasteiger partial charge in [0.15, 0.2) is 5.60 Å². The van der Waals surface area contributed by atoms with Gasteiger partial charge in [0.2, 0.25) is 94.5 Å². The first-order chi connectivity index (χ1) is 60.6. The summed E-state index contributed by atoms with van der Waals surface area (Å²) in [6.45, 7) is 3.09. The number of nitrogens with one attached hydrogen (secondary N) is 6. The van der Waals surface area contributed by atoms with Crippen molar-refractivity contribution in [2.45, 2.75) is 142 Å². The van der Waals surface area contributed by atoms with Gasteiger partial charge in [-0.2, -0.15) is 12.6 Å². The van der Waals surface area contributed by atoms with Gasteiger partial charge in [-0.3, -0.25) is 91.2 Å². The first-order valence-corrected chi connectivity index (χ1v) is 42.3. The van der Waals surface area contributed by atoms with Crippen molar-refractivity contribution in [3.05, 3.63) is 91.0 Å². The number of amides is 18. The van der Waals surface area contributed by atoms with Crippen LogP contribution in [0.2, 0.25) is 0 Å². The molecular weight excluding hydrogens is 1710 g/mol. The number of aliphatic hydroxyl groups is 1. The number of ether oxygens (including phenoxy) is 2. The number of fused-ring (bicyclic) bond motifs is 5. The second-order valence-corrected chi connectivity index (χ2v) is 33.8. The van der Waals surface area contributed by atoms with Crippen molar-refractivity contribution in [3.8, 4) is 11.4 Å². The Morgan fingerprint density at radius 1 is 0.628 bits per heavy atom. The predicted octanol–water partition coefficient (Wildman–Crippen LogP) is -1.91. The molecule has 44 heteroatoms. The molecule has 2 aromatic heterocycles. The van der Waals surface area contributed by atoms with E-state index in [2.05, 4.69) is 44.5 Å². The van der Waals surface area contributed by atoms with Crippen LogP contribution >= 0.6 is 12.6 Å². The molecular formula is C85H114FN19O23S. The van der Waals surface area contributed by atoms with E-state index in [-0.39, 0.29) is 134 Å². The lowest BCUT2D eigenvalue weighted by atomic mass is 9.81. The van der Waals surface area contributed by atoms with Crippen LogP contribution in [0, 0.1) is 18.7 Å². The van der Waals surface area contributed by atoms with Gasteiger partial charge in [-0.05, 0) is 86.8 Å². The van der Waals surface area contributed by atoms with Crippen molar-refractivity contribution in [2.24, 2.45) is 5.92 Å². The Bertz CT molecular complexity index is 5200. The van der Waals surface area contributed by atoms with Crippen molar-refractivity contribution in [3.63, 3.8) is 0 Å². The van der Waals surface area contributed by atoms with E-state index in [0.717, 1.165) is 49.0 Å². The highest BCUT2D eigenvalue weighted by molar-refractivity contribution is 7.81. The molecule has 0 bridgehead atoms. The van der Waals surface area contributed by atoms with Gasteiger partial charge in [0, 0.05) is 149 Å². The van der Waals surface area contributed by atoms with Crippen molar-refractivity contribution in [2.75, 3.05) is 161 Å². The van der Waals surface area contributed by atoms with Gasteiger partial charge in [0.1, 0.15) is 31.1 Å². The Hall–Kier alpha value is -13.0. The summed E-state index contributed by atoms with van der Waals surface area (Å²) in [5, 5.41) is 27.6. The SMILES string of the molecule is CC[C@@]1(O)C(=O)OCc2c1cc1n(c2=O)Cc2c-1nc1cc(F)c(C)c3c1c2[C@@H](NC(=O)OCc1ccc(NC(=O)[C@H](C)NC(=O)[C@@H](NC(=O)CCCCCN2C(=O)CC(S)C2=O)C(C)C)cc1C(=O)NCCNC(=O)CN(C)C(=O)CN(C)C(=O)CN(C)C(=O)CN(C)C(=O)CN(C)C(=O)CN(C)C(=O)CN(C)C(=O)CN(C)C(=O)CN(C)C(=O)CN(C)C(C)=O)CC3. The number of carbonyl (C=O) groups excluding carboxylic acids is 19. The van der Waals surface area contributed by atoms with Crippen LogP contribution in [0.15, 0.2) is 35.1 Å². The van der Waals surface area contributed by atoms with E-state index in [1.807, 2.05) is 0 Å². The third kappa shape index (κ3) is 25.3. The molecule has 5 heterocycles. The van der Waals surface area contributed by atoms with Crippen LogP contribution in [0.4, 0.5) is 14.9 Å². The van der Waals surface area contributed by atoms with Crippen LogP contribution in [0.3, 0.4) is 0 Å². The van der Waals surface area contributed by atoms with Gasteiger partial charge >= 0.3 is 12.1 Å². The molecule has 4 aromatic rings. The number of likely N-dealkylation sites (N-methyl/N-ethyl adjacent to an activating group) is 10. The highest BCUT2D eigenvalue weighted by Gasteiger charge is 2.47. The van der Waals surface area contributed by atoms with E-state index in [1.165, 1.54) is 124 Å². The number of nitrogens with zero attached hydrogens (tertiary/aromatic N) is 13. The Morgan fingerprint density at radius 2 is 1.13 bits per heavy atom. The number of esters is 1. The van der Waals surface area contributed by atoms with Crippen molar-refractivity contribution >= 4 is 142 Å². The first kappa shape index (κ1) is 101. The summed E-state index contributed by atoms with van der Waals surface area (Å²) in [5.41, 5.74) is 0.125. The quantitative estimate of drug-likeness (QED) is 0.00918. The molecule has 1 unspecified atom stereocenters. The number of benzene rings is 2. The number of halogens is 1. The normalized spacial score (nSPS) is 15.6. The van der Waals surface area contributed by atoms with E-state index in [9.17, 15) is 101 Å². The number of carbonyl (C=O) groups is 19. The van der Waals surface area contributed by atoms with Crippen LogP contribution < -0.4 is 37.5 Å². The van der Waals surface area contributed by atoms with Crippen molar-refractivity contribution < 1.29 is 110 Å². The number of unbranched alkanes of at least 4 members (excludes halogenated alkanes) is 2. The lowest BCUT2D eigenvalue weighted by molar-refractivity contribution is -0.172. The van der Waals surface area contributed by atoms with Gasteiger partial charge in [-0.1, -0.05) is 33.3 Å². The molecule has 5 atom stereocenters. The number of imide groups is 1. The minimum absolute atomic E-state index is 0.0225. The molecule has 0 radical (unpaired) electrons. The molecule has 4 aliphatic rings. The van der Waals surface area contributed by atoms with Gasteiger partial charge in [0.25, 0.3) is 11.5 Å². The van der Waals surface area contributed by atoms with Crippen molar-refractivity contribution in [1.29, 1.82) is 0 Å². The zero-order chi connectivity index (χ0) is 95.8. The monoisotopic (exact) mass is 1820 g/mol. The molecule has 18 amide bonds. The number of alkyl carbamates (subject to hydrolysis) is 1. The predicted molar refractivity (Wildman–Crippen MR) is 463 cm³/mol. The number of anilines is 1.